The number of benzene rings is 1. The fourth-order valence-corrected chi connectivity index (χ4v) is 5.63. The standard InChI is InChI=1S/C26H38F4O2/c1-2-3-4-5-6-19-7-11-21(12-8-19)22-13-9-20(10-14-22)18-31-23-15-16-25(24(27)17-23)32-26(28,29)30/h15-17,19-22H,2-14,18H2,1H3. The lowest BCUT2D eigenvalue weighted by Crippen LogP contribution is -2.27. The van der Waals surface area contributed by atoms with E-state index in [1.165, 1.54) is 76.7 Å². The lowest BCUT2D eigenvalue weighted by Gasteiger charge is -2.38. The molecule has 2 saturated carbocycles. The summed E-state index contributed by atoms with van der Waals surface area (Å²) in [6, 6.07) is 3.26. The molecule has 0 saturated heterocycles. The van der Waals surface area contributed by atoms with Crippen LogP contribution < -0.4 is 9.47 Å². The molecular formula is C26H38F4O2. The monoisotopic (exact) mass is 458 g/mol. The molecule has 2 aliphatic carbocycles. The summed E-state index contributed by atoms with van der Waals surface area (Å²) in [4.78, 5) is 0. The largest absolute Gasteiger partial charge is 0.573 e. The third-order valence-corrected chi connectivity index (χ3v) is 7.53. The van der Waals surface area contributed by atoms with Crippen LogP contribution in [0.3, 0.4) is 0 Å². The summed E-state index contributed by atoms with van der Waals surface area (Å²) >= 11 is 0. The molecule has 2 aliphatic rings. The first-order valence-corrected chi connectivity index (χ1v) is 12.5. The van der Waals surface area contributed by atoms with Gasteiger partial charge >= 0.3 is 6.36 Å². The van der Waals surface area contributed by atoms with Crippen molar-refractivity contribution in [1.82, 2.24) is 0 Å². The van der Waals surface area contributed by atoms with E-state index in [1.807, 2.05) is 0 Å². The summed E-state index contributed by atoms with van der Waals surface area (Å²) in [5, 5.41) is 0. The molecule has 32 heavy (non-hydrogen) atoms. The van der Waals surface area contributed by atoms with Crippen molar-refractivity contribution >= 4 is 0 Å². The van der Waals surface area contributed by atoms with E-state index < -0.39 is 17.9 Å². The van der Waals surface area contributed by atoms with Gasteiger partial charge in [0, 0.05) is 6.07 Å². The highest BCUT2D eigenvalue weighted by atomic mass is 19.4. The van der Waals surface area contributed by atoms with Gasteiger partial charge in [-0.15, -0.1) is 13.2 Å². The van der Waals surface area contributed by atoms with Gasteiger partial charge in [0.25, 0.3) is 0 Å². The highest BCUT2D eigenvalue weighted by Gasteiger charge is 2.33. The molecule has 0 spiro atoms. The van der Waals surface area contributed by atoms with Crippen LogP contribution in [0.2, 0.25) is 0 Å². The average molecular weight is 459 g/mol. The molecule has 0 N–H and O–H groups in total. The zero-order valence-electron chi connectivity index (χ0n) is 19.3. The molecule has 2 nitrogen and oxygen atoms in total. The third kappa shape index (κ3) is 8.15. The molecule has 182 valence electrons. The minimum absolute atomic E-state index is 0.247. The first kappa shape index (κ1) is 25.2. The van der Waals surface area contributed by atoms with Crippen LogP contribution in [-0.2, 0) is 0 Å². The van der Waals surface area contributed by atoms with Gasteiger partial charge in [0.05, 0.1) is 6.61 Å². The molecule has 0 amide bonds. The number of rotatable bonds is 10. The molecule has 0 bridgehead atoms. The van der Waals surface area contributed by atoms with Crippen molar-refractivity contribution in [3.8, 4) is 11.5 Å². The number of alkyl halides is 3. The van der Waals surface area contributed by atoms with Crippen molar-refractivity contribution < 1.29 is 27.0 Å². The Kier molecular flexibility index (Phi) is 9.54. The summed E-state index contributed by atoms with van der Waals surface area (Å²) in [6.07, 6.45) is 12.2. The first-order valence-electron chi connectivity index (χ1n) is 12.5. The van der Waals surface area contributed by atoms with Crippen molar-refractivity contribution in [3.05, 3.63) is 24.0 Å². The minimum atomic E-state index is -4.91. The summed E-state index contributed by atoms with van der Waals surface area (Å²) in [5.74, 6) is 1.42. The van der Waals surface area contributed by atoms with Crippen LogP contribution in [0.25, 0.3) is 0 Å². The third-order valence-electron chi connectivity index (χ3n) is 7.53. The Hall–Kier alpha value is -1.46. The van der Waals surface area contributed by atoms with Crippen molar-refractivity contribution in [2.75, 3.05) is 6.61 Å². The van der Waals surface area contributed by atoms with Crippen LogP contribution in [-0.4, -0.2) is 13.0 Å². The molecule has 0 atom stereocenters. The molecular weight excluding hydrogens is 420 g/mol. The minimum Gasteiger partial charge on any atom is -0.493 e. The highest BCUT2D eigenvalue weighted by Crippen LogP contribution is 2.42. The summed E-state index contributed by atoms with van der Waals surface area (Å²) in [5.41, 5.74) is 0. The van der Waals surface area contributed by atoms with Crippen molar-refractivity contribution in [1.29, 1.82) is 0 Å². The first-order chi connectivity index (χ1) is 15.3. The van der Waals surface area contributed by atoms with Gasteiger partial charge < -0.3 is 9.47 Å². The van der Waals surface area contributed by atoms with Crippen molar-refractivity contribution in [2.24, 2.45) is 23.7 Å². The van der Waals surface area contributed by atoms with Crippen LogP contribution in [0.1, 0.15) is 90.4 Å². The second-order valence-corrected chi connectivity index (χ2v) is 9.86. The Balaban J connectivity index is 1.34. The SMILES string of the molecule is CCCCCCC1CCC(C2CCC(COc3ccc(OC(F)(F)F)c(F)c3)CC2)CC1. The normalized spacial score (nSPS) is 26.7. The van der Waals surface area contributed by atoms with E-state index in [1.54, 1.807) is 0 Å². The smallest absolute Gasteiger partial charge is 0.493 e. The van der Waals surface area contributed by atoms with Crippen LogP contribution in [0, 0.1) is 29.5 Å². The van der Waals surface area contributed by atoms with Gasteiger partial charge in [-0.3, -0.25) is 0 Å². The lowest BCUT2D eigenvalue weighted by atomic mass is 9.69. The van der Waals surface area contributed by atoms with E-state index in [9.17, 15) is 17.6 Å². The van der Waals surface area contributed by atoms with Crippen LogP contribution in [0.4, 0.5) is 17.6 Å². The number of hydrogen-bond donors (Lipinski definition) is 0. The van der Waals surface area contributed by atoms with Gasteiger partial charge in [0.1, 0.15) is 5.75 Å². The van der Waals surface area contributed by atoms with E-state index in [4.69, 9.17) is 4.74 Å². The fraction of sp³-hybridized carbons (Fsp3) is 0.769. The molecule has 2 fully saturated rings. The lowest BCUT2D eigenvalue weighted by molar-refractivity contribution is -0.275. The molecule has 6 heteroatoms. The topological polar surface area (TPSA) is 18.5 Å². The molecule has 0 aliphatic heterocycles. The van der Waals surface area contributed by atoms with E-state index in [2.05, 4.69) is 11.7 Å². The Morgan fingerprint density at radius 3 is 2.03 bits per heavy atom. The van der Waals surface area contributed by atoms with Crippen LogP contribution in [0.5, 0.6) is 11.5 Å². The molecule has 0 aromatic heterocycles. The van der Waals surface area contributed by atoms with Gasteiger partial charge in [-0.25, -0.2) is 4.39 Å². The number of unbranched alkanes of at least 4 members (excludes halogenated alkanes) is 3. The Morgan fingerprint density at radius 1 is 0.844 bits per heavy atom. The van der Waals surface area contributed by atoms with Gasteiger partial charge in [0.15, 0.2) is 11.6 Å². The Morgan fingerprint density at radius 2 is 1.47 bits per heavy atom. The second kappa shape index (κ2) is 12.1. The number of hydrogen-bond acceptors (Lipinski definition) is 2. The molecule has 0 heterocycles. The van der Waals surface area contributed by atoms with Gasteiger partial charge in [0.2, 0.25) is 0 Å². The van der Waals surface area contributed by atoms with Crippen LogP contribution in [0.15, 0.2) is 18.2 Å². The van der Waals surface area contributed by atoms with Crippen molar-refractivity contribution in [2.45, 2.75) is 96.8 Å². The second-order valence-electron chi connectivity index (χ2n) is 9.86. The summed E-state index contributed by atoms with van der Waals surface area (Å²) < 4.78 is 59.9. The molecule has 0 unspecified atom stereocenters. The predicted octanol–water partition coefficient (Wildman–Crippen LogP) is 8.69. The van der Waals surface area contributed by atoms with Crippen LogP contribution >= 0.6 is 0 Å². The van der Waals surface area contributed by atoms with Gasteiger partial charge in [-0.2, -0.15) is 0 Å². The maximum atomic E-state index is 13.8. The number of halogens is 4. The Bertz CT molecular complexity index is 675. The van der Waals surface area contributed by atoms with Gasteiger partial charge in [-0.1, -0.05) is 51.9 Å². The molecule has 1 aromatic rings. The quantitative estimate of drug-likeness (QED) is 0.258. The zero-order valence-corrected chi connectivity index (χ0v) is 19.3. The van der Waals surface area contributed by atoms with Crippen molar-refractivity contribution in [3.63, 3.8) is 0 Å². The Labute approximate surface area is 190 Å². The van der Waals surface area contributed by atoms with E-state index in [0.717, 1.165) is 42.7 Å². The maximum Gasteiger partial charge on any atom is 0.573 e. The van der Waals surface area contributed by atoms with E-state index >= 15 is 0 Å². The fourth-order valence-electron chi connectivity index (χ4n) is 5.63. The molecule has 1 aromatic carbocycles. The highest BCUT2D eigenvalue weighted by molar-refractivity contribution is 5.33. The zero-order chi connectivity index (χ0) is 23.0. The predicted molar refractivity (Wildman–Crippen MR) is 118 cm³/mol. The molecule has 0 radical (unpaired) electrons. The molecule has 3 rings (SSSR count). The van der Waals surface area contributed by atoms with Gasteiger partial charge in [-0.05, 0) is 74.3 Å². The average Bonchev–Trinajstić information content (AvgIpc) is 2.77. The summed E-state index contributed by atoms with van der Waals surface area (Å²) in [6.45, 7) is 2.75. The summed E-state index contributed by atoms with van der Waals surface area (Å²) in [7, 11) is 0. The number of ether oxygens (including phenoxy) is 2. The maximum absolute atomic E-state index is 13.8. The van der Waals surface area contributed by atoms with E-state index in [-0.39, 0.29) is 5.75 Å². The van der Waals surface area contributed by atoms with E-state index in [0.29, 0.717) is 12.5 Å².